The Labute approximate surface area is 123 Å². The van der Waals surface area contributed by atoms with Gasteiger partial charge in [0.05, 0.1) is 0 Å². The number of ether oxygens (including phenoxy) is 1. The second-order valence-electron chi connectivity index (χ2n) is 4.33. The van der Waals surface area contributed by atoms with E-state index in [9.17, 15) is 20.1 Å². The number of hydrogen-bond donors (Lipinski definition) is 5. The van der Waals surface area contributed by atoms with Gasteiger partial charge in [-0.2, -0.15) is 4.31 Å². The van der Waals surface area contributed by atoms with Gasteiger partial charge in [-0.15, -0.1) is 0 Å². The molecule has 0 aromatic heterocycles. The van der Waals surface area contributed by atoms with Crippen molar-refractivity contribution in [2.75, 3.05) is 6.61 Å². The maximum Gasteiger partial charge on any atom is 0.325 e. The summed E-state index contributed by atoms with van der Waals surface area (Å²) in [6.45, 7) is -0.0453. The Morgan fingerprint density at radius 2 is 2.19 bits per heavy atom. The lowest BCUT2D eigenvalue weighted by Gasteiger charge is -2.31. The van der Waals surface area contributed by atoms with Crippen molar-refractivity contribution >= 4 is 24.1 Å². The largest absolute Gasteiger partial charge is 0.387 e. The number of nitrogens with one attached hydrogen (secondary N) is 1. The van der Waals surface area contributed by atoms with Gasteiger partial charge in [0.15, 0.2) is 6.23 Å². The maximum atomic E-state index is 11.7. The van der Waals surface area contributed by atoms with Crippen LogP contribution in [-0.2, 0) is 13.6 Å². The minimum atomic E-state index is -1.32. The van der Waals surface area contributed by atoms with Crippen LogP contribution >= 0.6 is 18.1 Å². The second kappa shape index (κ2) is 7.73. The molecule has 2 amide bonds. The molecule has 2 aliphatic heterocycles. The Bertz CT molecular complexity index is 400. The molecule has 0 spiro atoms. The highest BCUT2D eigenvalue weighted by molar-refractivity contribution is 7.40. The van der Waals surface area contributed by atoms with Gasteiger partial charge < -0.3 is 30.3 Å². The zero-order valence-corrected chi connectivity index (χ0v) is 12.8. The van der Waals surface area contributed by atoms with Crippen molar-refractivity contribution in [2.24, 2.45) is 0 Å². The summed E-state index contributed by atoms with van der Waals surface area (Å²) in [5.41, 5.74) is 0. The Kier molecular flexibility index (Phi) is 6.24. The van der Waals surface area contributed by atoms with E-state index in [0.717, 1.165) is 4.90 Å². The fourth-order valence-electron chi connectivity index (χ4n) is 1.98. The highest BCUT2D eigenvalue weighted by Crippen LogP contribution is 2.29. The first-order valence-electron chi connectivity index (χ1n) is 5.99. The molecule has 0 aromatic carbocycles. The Balaban J connectivity index is 1.93. The number of amides is 2. The molecule has 2 aliphatic rings. The van der Waals surface area contributed by atoms with Crippen molar-refractivity contribution in [2.45, 2.75) is 30.8 Å². The molecule has 2 heterocycles. The number of carbonyl (C=O) groups excluding carboxylic acids is 1. The summed E-state index contributed by atoms with van der Waals surface area (Å²) in [6, 6.07) is -0.654. The van der Waals surface area contributed by atoms with Gasteiger partial charge in [0, 0.05) is 6.20 Å². The lowest BCUT2D eigenvalue weighted by atomic mass is 10.1. The monoisotopic (exact) mass is 343 g/mol. The van der Waals surface area contributed by atoms with E-state index in [1.807, 2.05) is 0 Å². The van der Waals surface area contributed by atoms with Crippen LogP contribution in [0.3, 0.4) is 0 Å². The summed E-state index contributed by atoms with van der Waals surface area (Å²) in [7, 11) is -1.57. The third-order valence-electron chi connectivity index (χ3n) is 2.98. The van der Waals surface area contributed by atoms with Gasteiger partial charge in [-0.25, -0.2) is 9.32 Å². The lowest BCUT2D eigenvalue weighted by Crippen LogP contribution is -2.53. The third-order valence-corrected chi connectivity index (χ3v) is 4.11. The summed E-state index contributed by atoms with van der Waals surface area (Å²) in [6.07, 6.45) is -3.01. The topological polar surface area (TPSA) is 141 Å². The predicted molar refractivity (Wildman–Crippen MR) is 73.5 cm³/mol. The Hall–Kier alpha value is -0.410. The standard InChI is InChI=1S/C9H16N2O8P2/c12-5-1-2-11(9(15)10-5)8-7(14)6(13)4(18-8)3-17-21-19-20-16/h1-2,4-8,12-14,16,20H,3,21H2/p+1/t4?,5-,6+,7+,8?/m0/s1. The Morgan fingerprint density at radius 1 is 1.43 bits per heavy atom. The average Bonchev–Trinajstić information content (AvgIpc) is 2.72. The summed E-state index contributed by atoms with van der Waals surface area (Å²) >= 11 is 0. The van der Waals surface area contributed by atoms with Crippen molar-refractivity contribution in [3.8, 4) is 0 Å². The minimum absolute atomic E-state index is 0.0453. The molecule has 1 fully saturated rings. The highest BCUT2D eigenvalue weighted by atomic mass is 31.2. The van der Waals surface area contributed by atoms with Gasteiger partial charge in [-0.05, 0) is 6.08 Å². The van der Waals surface area contributed by atoms with Crippen LogP contribution in [0.5, 0.6) is 0 Å². The fourth-order valence-corrected chi connectivity index (χ4v) is 2.69. The van der Waals surface area contributed by atoms with E-state index in [0.29, 0.717) is 0 Å². The average molecular weight is 343 g/mol. The van der Waals surface area contributed by atoms with Crippen LogP contribution in [0.25, 0.3) is 0 Å². The van der Waals surface area contributed by atoms with E-state index in [4.69, 9.17) is 14.2 Å². The van der Waals surface area contributed by atoms with E-state index >= 15 is 0 Å². The van der Waals surface area contributed by atoms with E-state index in [1.54, 1.807) is 0 Å². The molecule has 7 atom stereocenters. The van der Waals surface area contributed by atoms with Crippen LogP contribution in [0.2, 0.25) is 0 Å². The molecule has 0 aromatic rings. The number of urea groups is 1. The molecule has 10 nitrogen and oxygen atoms in total. The van der Waals surface area contributed by atoms with Crippen molar-refractivity contribution in [1.82, 2.24) is 10.2 Å². The van der Waals surface area contributed by atoms with Crippen molar-refractivity contribution in [3.63, 3.8) is 0 Å². The maximum absolute atomic E-state index is 11.7. The van der Waals surface area contributed by atoms with Gasteiger partial charge in [-0.1, -0.05) is 0 Å². The number of nitrogens with zero attached hydrogens (tertiary/aromatic N) is 1. The molecular formula is C9H17N2O8P2+. The zero-order valence-electron chi connectivity index (χ0n) is 10.7. The molecule has 0 saturated carbocycles. The molecule has 0 radical (unpaired) electrons. The first-order chi connectivity index (χ1) is 10.0. The molecular weight excluding hydrogens is 326 g/mol. The van der Waals surface area contributed by atoms with Crippen LogP contribution in [0, 0.1) is 0 Å². The lowest BCUT2D eigenvalue weighted by molar-refractivity contribution is -0.0645. The molecule has 120 valence electrons. The molecule has 21 heavy (non-hydrogen) atoms. The van der Waals surface area contributed by atoms with Crippen molar-refractivity contribution in [3.05, 3.63) is 12.3 Å². The van der Waals surface area contributed by atoms with Crippen LogP contribution in [0.1, 0.15) is 0 Å². The zero-order chi connectivity index (χ0) is 15.4. The van der Waals surface area contributed by atoms with Crippen LogP contribution in [-0.4, -0.2) is 68.5 Å². The minimum Gasteiger partial charge on any atom is -0.387 e. The second-order valence-corrected chi connectivity index (χ2v) is 5.98. The smallest absolute Gasteiger partial charge is 0.325 e. The predicted octanol–water partition coefficient (Wildman–Crippen LogP) is -1.93. The normalized spacial score (nSPS) is 37.2. The van der Waals surface area contributed by atoms with Crippen LogP contribution < -0.4 is 5.32 Å². The highest BCUT2D eigenvalue weighted by Gasteiger charge is 2.47. The van der Waals surface area contributed by atoms with E-state index in [-0.39, 0.29) is 6.61 Å². The van der Waals surface area contributed by atoms with E-state index in [1.165, 1.54) is 12.3 Å². The molecule has 4 unspecified atom stereocenters. The van der Waals surface area contributed by atoms with Gasteiger partial charge in [-0.3, -0.25) is 4.90 Å². The van der Waals surface area contributed by atoms with Crippen molar-refractivity contribution < 1.29 is 38.6 Å². The van der Waals surface area contributed by atoms with Gasteiger partial charge in [0.2, 0.25) is 9.03 Å². The van der Waals surface area contributed by atoms with Gasteiger partial charge in [0.25, 0.3) is 9.03 Å². The Morgan fingerprint density at radius 3 is 2.86 bits per heavy atom. The summed E-state index contributed by atoms with van der Waals surface area (Å²) < 4.78 is 15.2. The number of aliphatic hydroxyl groups excluding tert-OH is 3. The number of hydrogen-bond acceptors (Lipinski definition) is 8. The first kappa shape index (κ1) is 17.0. The number of rotatable bonds is 6. The quantitative estimate of drug-likeness (QED) is 0.277. The summed E-state index contributed by atoms with van der Waals surface area (Å²) in [5.74, 6) is 0. The molecule has 5 N–H and O–H groups in total. The SMILES string of the molecule is O=C1N[C@@H](O)C=CN1C1OC(CO[PH2+]OPO)[C@@H](O)[C@H]1O. The van der Waals surface area contributed by atoms with Crippen LogP contribution in [0.4, 0.5) is 4.79 Å². The fraction of sp³-hybridized carbons (Fsp3) is 0.667. The van der Waals surface area contributed by atoms with Crippen molar-refractivity contribution in [1.29, 1.82) is 0 Å². The van der Waals surface area contributed by atoms with Gasteiger partial charge in [0.1, 0.15) is 31.1 Å². The molecule has 2 rings (SSSR count). The number of aliphatic hydroxyl groups is 3. The van der Waals surface area contributed by atoms with E-state index in [2.05, 4.69) is 9.63 Å². The molecule has 0 aliphatic carbocycles. The third kappa shape index (κ3) is 4.07. The molecule has 1 saturated heterocycles. The first-order valence-corrected chi connectivity index (χ1v) is 7.79. The summed E-state index contributed by atoms with van der Waals surface area (Å²) in [5, 5.41) is 31.3. The molecule has 12 heteroatoms. The van der Waals surface area contributed by atoms with E-state index < -0.39 is 54.9 Å². The molecule has 0 bridgehead atoms. The van der Waals surface area contributed by atoms with Crippen LogP contribution in [0.15, 0.2) is 12.3 Å². The number of carbonyl (C=O) groups is 1. The van der Waals surface area contributed by atoms with Gasteiger partial charge >= 0.3 is 6.03 Å². The summed E-state index contributed by atoms with van der Waals surface area (Å²) in [4.78, 5) is 21.2.